The van der Waals surface area contributed by atoms with Crippen LogP contribution in [0.2, 0.25) is 0 Å². The molecule has 1 saturated heterocycles. The topological polar surface area (TPSA) is 120 Å². The fourth-order valence-electron chi connectivity index (χ4n) is 4.07. The fraction of sp³-hybridized carbons (Fsp3) is 0.476. The standard InChI is InChI=1S/C21H23N5O5/c1-12(2)26-13-6-7-14-18(31-21(28)20(27)29-14)16(13)17(24-26)19-23-22-15(30-19)8-11-25-9-4-3-5-10-25/h6-7,12H,3-5,8-11H2,1-2H3. The molecule has 0 amide bonds. The minimum atomic E-state index is -1.07. The molecular formula is C21H23N5O5. The molecule has 3 aromatic heterocycles. The Kier molecular flexibility index (Phi) is 4.93. The molecule has 10 nitrogen and oxygen atoms in total. The van der Waals surface area contributed by atoms with Crippen molar-refractivity contribution < 1.29 is 13.3 Å². The van der Waals surface area contributed by atoms with Crippen LogP contribution in [0.25, 0.3) is 33.7 Å². The monoisotopic (exact) mass is 425 g/mol. The Morgan fingerprint density at radius 1 is 1.00 bits per heavy atom. The summed E-state index contributed by atoms with van der Waals surface area (Å²) in [5.41, 5.74) is -0.729. The Labute approximate surface area is 176 Å². The smallest absolute Gasteiger partial charge is 0.419 e. The van der Waals surface area contributed by atoms with Gasteiger partial charge >= 0.3 is 11.3 Å². The number of fused-ring (bicyclic) bond motifs is 3. The van der Waals surface area contributed by atoms with Crippen LogP contribution in [0, 0.1) is 0 Å². The van der Waals surface area contributed by atoms with E-state index in [0.29, 0.717) is 28.9 Å². The Balaban J connectivity index is 1.58. The van der Waals surface area contributed by atoms with Crippen LogP contribution in [0.5, 0.6) is 0 Å². The average molecular weight is 425 g/mol. The van der Waals surface area contributed by atoms with E-state index in [0.717, 1.165) is 19.6 Å². The van der Waals surface area contributed by atoms with E-state index in [1.165, 1.54) is 19.3 Å². The van der Waals surface area contributed by atoms with Crippen molar-refractivity contribution in [3.05, 3.63) is 38.9 Å². The van der Waals surface area contributed by atoms with Crippen LogP contribution in [0.3, 0.4) is 0 Å². The normalized spacial score (nSPS) is 15.5. The lowest BCUT2D eigenvalue weighted by Crippen LogP contribution is -2.31. The lowest BCUT2D eigenvalue weighted by atomic mass is 10.1. The summed E-state index contributed by atoms with van der Waals surface area (Å²) in [5, 5.41) is 13.5. The van der Waals surface area contributed by atoms with Crippen molar-refractivity contribution in [1.82, 2.24) is 24.9 Å². The Morgan fingerprint density at radius 3 is 2.55 bits per heavy atom. The van der Waals surface area contributed by atoms with Gasteiger partial charge in [-0.05, 0) is 51.9 Å². The lowest BCUT2D eigenvalue weighted by Gasteiger charge is -2.25. The van der Waals surface area contributed by atoms with Crippen LogP contribution in [0.15, 0.2) is 35.0 Å². The maximum Gasteiger partial charge on any atom is 0.423 e. The second-order valence-corrected chi connectivity index (χ2v) is 8.11. The zero-order chi connectivity index (χ0) is 21.5. The SMILES string of the molecule is CC(C)n1nc(-c2nnc(CCN3CCCCC3)o2)c2c3oc(=O)c(=O)oc3ccc21. The first-order valence-corrected chi connectivity index (χ1v) is 10.6. The van der Waals surface area contributed by atoms with E-state index in [1.807, 2.05) is 13.8 Å². The van der Waals surface area contributed by atoms with E-state index in [-0.39, 0.29) is 23.1 Å². The van der Waals surface area contributed by atoms with E-state index < -0.39 is 11.3 Å². The first-order chi connectivity index (χ1) is 15.0. The van der Waals surface area contributed by atoms with Crippen LogP contribution in [0.4, 0.5) is 0 Å². The summed E-state index contributed by atoms with van der Waals surface area (Å²) >= 11 is 0. The molecule has 1 aromatic carbocycles. The van der Waals surface area contributed by atoms with Gasteiger partial charge in [0.2, 0.25) is 5.89 Å². The quantitative estimate of drug-likeness (QED) is 0.444. The van der Waals surface area contributed by atoms with Crippen molar-refractivity contribution in [2.45, 2.75) is 45.6 Å². The van der Waals surface area contributed by atoms with Crippen LogP contribution < -0.4 is 11.3 Å². The van der Waals surface area contributed by atoms with Gasteiger partial charge in [0.25, 0.3) is 5.89 Å². The van der Waals surface area contributed by atoms with Gasteiger partial charge in [0.1, 0.15) is 0 Å². The number of piperidine rings is 1. The summed E-state index contributed by atoms with van der Waals surface area (Å²) in [5.74, 6) is 0.764. The van der Waals surface area contributed by atoms with Crippen LogP contribution in [-0.2, 0) is 6.42 Å². The summed E-state index contributed by atoms with van der Waals surface area (Å²) in [7, 11) is 0. The average Bonchev–Trinajstić information content (AvgIpc) is 3.38. The van der Waals surface area contributed by atoms with Gasteiger partial charge in [0, 0.05) is 19.0 Å². The van der Waals surface area contributed by atoms with Gasteiger partial charge in [-0.3, -0.25) is 4.68 Å². The highest BCUT2D eigenvalue weighted by Crippen LogP contribution is 2.34. The highest BCUT2D eigenvalue weighted by Gasteiger charge is 2.24. The third-order valence-corrected chi connectivity index (χ3v) is 5.60. The fourth-order valence-corrected chi connectivity index (χ4v) is 4.07. The molecule has 0 atom stereocenters. The maximum absolute atomic E-state index is 11.8. The van der Waals surface area contributed by atoms with Gasteiger partial charge in [0.15, 0.2) is 16.9 Å². The number of hydrogen-bond donors (Lipinski definition) is 0. The minimum Gasteiger partial charge on any atom is -0.419 e. The third kappa shape index (κ3) is 3.56. The first kappa shape index (κ1) is 19.7. The summed E-state index contributed by atoms with van der Waals surface area (Å²) in [6.07, 6.45) is 4.39. The molecule has 162 valence electrons. The van der Waals surface area contributed by atoms with Crippen molar-refractivity contribution >= 4 is 22.1 Å². The highest BCUT2D eigenvalue weighted by atomic mass is 16.5. The molecule has 0 unspecified atom stereocenters. The van der Waals surface area contributed by atoms with Crippen molar-refractivity contribution in [2.24, 2.45) is 0 Å². The molecule has 5 rings (SSSR count). The van der Waals surface area contributed by atoms with Crippen molar-refractivity contribution in [1.29, 1.82) is 0 Å². The van der Waals surface area contributed by atoms with Gasteiger partial charge < -0.3 is 18.2 Å². The number of aromatic nitrogens is 4. The molecule has 0 bridgehead atoms. The molecule has 0 saturated carbocycles. The molecule has 0 aliphatic carbocycles. The van der Waals surface area contributed by atoms with E-state index in [1.54, 1.807) is 16.8 Å². The summed E-state index contributed by atoms with van der Waals surface area (Å²) in [6, 6.07) is 3.38. The molecule has 0 radical (unpaired) electrons. The maximum atomic E-state index is 11.8. The van der Waals surface area contributed by atoms with Crippen molar-refractivity contribution in [3.8, 4) is 11.6 Å². The summed E-state index contributed by atoms with van der Waals surface area (Å²) < 4.78 is 18.1. The van der Waals surface area contributed by atoms with Crippen LogP contribution in [-0.4, -0.2) is 44.5 Å². The van der Waals surface area contributed by atoms with Gasteiger partial charge in [-0.15, -0.1) is 10.2 Å². The van der Waals surface area contributed by atoms with Crippen LogP contribution >= 0.6 is 0 Å². The minimum absolute atomic E-state index is 0.0256. The number of nitrogens with zero attached hydrogens (tertiary/aromatic N) is 5. The summed E-state index contributed by atoms with van der Waals surface area (Å²) in [6.45, 7) is 7.03. The summed E-state index contributed by atoms with van der Waals surface area (Å²) in [4.78, 5) is 25.9. The third-order valence-electron chi connectivity index (χ3n) is 5.60. The Bertz CT molecular complexity index is 1360. The molecule has 31 heavy (non-hydrogen) atoms. The highest BCUT2D eigenvalue weighted by molar-refractivity contribution is 6.07. The molecule has 4 heterocycles. The molecule has 0 spiro atoms. The Morgan fingerprint density at radius 2 is 1.77 bits per heavy atom. The predicted molar refractivity (Wildman–Crippen MR) is 112 cm³/mol. The van der Waals surface area contributed by atoms with E-state index in [9.17, 15) is 9.59 Å². The largest absolute Gasteiger partial charge is 0.423 e. The number of rotatable bonds is 5. The van der Waals surface area contributed by atoms with Gasteiger partial charge in [-0.2, -0.15) is 5.10 Å². The van der Waals surface area contributed by atoms with E-state index in [4.69, 9.17) is 13.3 Å². The Hall–Kier alpha value is -3.27. The second-order valence-electron chi connectivity index (χ2n) is 8.11. The van der Waals surface area contributed by atoms with Gasteiger partial charge in [0.05, 0.1) is 10.9 Å². The van der Waals surface area contributed by atoms with E-state index in [2.05, 4.69) is 20.2 Å². The molecule has 0 N–H and O–H groups in total. The molecular weight excluding hydrogens is 402 g/mol. The molecule has 4 aromatic rings. The van der Waals surface area contributed by atoms with E-state index >= 15 is 0 Å². The molecule has 10 heteroatoms. The molecule has 1 fully saturated rings. The van der Waals surface area contributed by atoms with Gasteiger partial charge in [-0.25, -0.2) is 9.59 Å². The molecule has 1 aliphatic rings. The van der Waals surface area contributed by atoms with Crippen molar-refractivity contribution in [2.75, 3.05) is 19.6 Å². The van der Waals surface area contributed by atoms with Crippen LogP contribution in [0.1, 0.15) is 45.0 Å². The second kappa shape index (κ2) is 7.77. The number of hydrogen-bond acceptors (Lipinski definition) is 9. The zero-order valence-corrected chi connectivity index (χ0v) is 17.5. The predicted octanol–water partition coefficient (Wildman–Crippen LogP) is 2.76. The van der Waals surface area contributed by atoms with Gasteiger partial charge in [-0.1, -0.05) is 6.42 Å². The first-order valence-electron chi connectivity index (χ1n) is 10.6. The lowest BCUT2D eigenvalue weighted by molar-refractivity contribution is 0.226. The van der Waals surface area contributed by atoms with Crippen molar-refractivity contribution in [3.63, 3.8) is 0 Å². The number of benzene rings is 1. The number of likely N-dealkylation sites (tertiary alicyclic amines) is 1. The molecule has 1 aliphatic heterocycles. The zero-order valence-electron chi connectivity index (χ0n) is 17.5.